The van der Waals surface area contributed by atoms with E-state index in [0.717, 1.165) is 11.4 Å². The average Bonchev–Trinajstić information content (AvgIpc) is 2.38. The van der Waals surface area contributed by atoms with Crippen LogP contribution in [-0.2, 0) is 0 Å². The number of hydroxylamine groups is 1. The van der Waals surface area contributed by atoms with E-state index < -0.39 is 0 Å². The van der Waals surface area contributed by atoms with Crippen molar-refractivity contribution < 1.29 is 5.21 Å². The fourth-order valence-electron chi connectivity index (χ4n) is 1.34. The number of nitrogens with zero attached hydrogens (tertiary/aromatic N) is 1. The van der Waals surface area contributed by atoms with E-state index in [1.165, 1.54) is 4.90 Å². The van der Waals surface area contributed by atoms with Crippen molar-refractivity contribution in [3.8, 4) is 0 Å². The Morgan fingerprint density at radius 1 is 1.50 bits per heavy atom. The molecule has 0 saturated carbocycles. The third-order valence-electron chi connectivity index (χ3n) is 2.18. The number of benzene rings is 1. The summed E-state index contributed by atoms with van der Waals surface area (Å²) in [5.41, 5.74) is 3.10. The normalized spacial score (nSPS) is 20.7. The first-order chi connectivity index (χ1) is 6.81. The molecule has 2 rings (SSSR count). The van der Waals surface area contributed by atoms with Crippen LogP contribution < -0.4 is 5.48 Å². The van der Waals surface area contributed by atoms with E-state index in [0.29, 0.717) is 5.84 Å². The molecule has 0 amide bonds. The van der Waals surface area contributed by atoms with Gasteiger partial charge in [0.25, 0.3) is 0 Å². The highest BCUT2D eigenvalue weighted by molar-refractivity contribution is 7.99. The summed E-state index contributed by atoms with van der Waals surface area (Å²) < 4.78 is 0. The van der Waals surface area contributed by atoms with Crippen LogP contribution in [0.2, 0.25) is 0 Å². The summed E-state index contributed by atoms with van der Waals surface area (Å²) in [4.78, 5) is 5.54. The van der Waals surface area contributed by atoms with Crippen molar-refractivity contribution in [2.45, 2.75) is 11.8 Å². The summed E-state index contributed by atoms with van der Waals surface area (Å²) in [7, 11) is 0. The van der Waals surface area contributed by atoms with Crippen molar-refractivity contribution in [1.29, 1.82) is 0 Å². The Morgan fingerprint density at radius 3 is 3.07 bits per heavy atom. The maximum Gasteiger partial charge on any atom is 0.130 e. The summed E-state index contributed by atoms with van der Waals surface area (Å²) >= 11 is 1.77. The van der Waals surface area contributed by atoms with Gasteiger partial charge in [-0.3, -0.25) is 10.7 Å². The fraction of sp³-hybridized carbons (Fsp3) is 0.300. The Balaban J connectivity index is 2.42. The van der Waals surface area contributed by atoms with Crippen molar-refractivity contribution in [3.63, 3.8) is 0 Å². The Hall–Kier alpha value is -1.00. The maximum absolute atomic E-state index is 8.92. The first-order valence-electron chi connectivity index (χ1n) is 4.52. The molecule has 0 spiro atoms. The molecule has 0 fully saturated rings. The van der Waals surface area contributed by atoms with Gasteiger partial charge in [0.05, 0.1) is 5.69 Å². The minimum Gasteiger partial charge on any atom is -0.290 e. The van der Waals surface area contributed by atoms with Crippen LogP contribution in [0.1, 0.15) is 6.92 Å². The van der Waals surface area contributed by atoms with Gasteiger partial charge >= 0.3 is 0 Å². The molecule has 1 heterocycles. The number of para-hydroxylation sites is 1. The number of fused-ring (bicyclic) bond motifs is 1. The number of aliphatic imine (C=N–C) groups is 1. The summed E-state index contributed by atoms with van der Waals surface area (Å²) in [5, 5.41) is 8.92. The second-order valence-corrected chi connectivity index (χ2v) is 4.35. The molecule has 74 valence electrons. The molecule has 0 bridgehead atoms. The lowest BCUT2D eigenvalue weighted by Gasteiger charge is -2.08. The molecule has 1 aromatic carbocycles. The van der Waals surface area contributed by atoms with Gasteiger partial charge in [0.1, 0.15) is 5.84 Å². The minimum absolute atomic E-state index is 0.248. The summed E-state index contributed by atoms with van der Waals surface area (Å²) in [6, 6.07) is 7.96. The van der Waals surface area contributed by atoms with Gasteiger partial charge in [0.2, 0.25) is 0 Å². The molecular weight excluding hydrogens is 196 g/mol. The van der Waals surface area contributed by atoms with Gasteiger partial charge in [-0.2, -0.15) is 0 Å². The van der Waals surface area contributed by atoms with Gasteiger partial charge in [0, 0.05) is 16.6 Å². The zero-order chi connectivity index (χ0) is 9.97. The van der Waals surface area contributed by atoms with Crippen LogP contribution in [0, 0.1) is 5.92 Å². The summed E-state index contributed by atoms with van der Waals surface area (Å²) in [5.74, 6) is 1.82. The molecule has 1 aliphatic rings. The standard InChI is InChI=1S/C10H12N2OS/c1-7-6-14-9-5-3-2-4-8(9)11-10(7)12-13/h2-5,7,13H,6H2,1H3,(H,11,12). The van der Waals surface area contributed by atoms with Crippen molar-refractivity contribution in [3.05, 3.63) is 24.3 Å². The van der Waals surface area contributed by atoms with Gasteiger partial charge in [-0.15, -0.1) is 11.8 Å². The summed E-state index contributed by atoms with van der Waals surface area (Å²) in [6.45, 7) is 2.04. The van der Waals surface area contributed by atoms with Gasteiger partial charge in [-0.1, -0.05) is 19.1 Å². The van der Waals surface area contributed by atoms with E-state index in [1.807, 2.05) is 25.1 Å². The lowest BCUT2D eigenvalue weighted by atomic mass is 10.2. The van der Waals surface area contributed by atoms with Crippen LogP contribution >= 0.6 is 11.8 Å². The van der Waals surface area contributed by atoms with E-state index >= 15 is 0 Å². The molecule has 0 aliphatic carbocycles. The number of rotatable bonds is 0. The number of amidine groups is 1. The van der Waals surface area contributed by atoms with Crippen molar-refractivity contribution in [2.75, 3.05) is 5.75 Å². The Kier molecular flexibility index (Phi) is 2.74. The molecule has 1 aromatic rings. The van der Waals surface area contributed by atoms with Crippen LogP contribution in [0.15, 0.2) is 34.2 Å². The molecule has 0 aromatic heterocycles. The first-order valence-corrected chi connectivity index (χ1v) is 5.50. The van der Waals surface area contributed by atoms with Crippen LogP contribution in [0.5, 0.6) is 0 Å². The zero-order valence-corrected chi connectivity index (χ0v) is 8.71. The SMILES string of the molecule is CC1CSc2ccccc2N=C1NO. The van der Waals surface area contributed by atoms with Crippen molar-refractivity contribution in [2.24, 2.45) is 10.9 Å². The lowest BCUT2D eigenvalue weighted by molar-refractivity contribution is 0.229. The lowest BCUT2D eigenvalue weighted by Crippen LogP contribution is -2.26. The van der Waals surface area contributed by atoms with Crippen molar-refractivity contribution in [1.82, 2.24) is 5.48 Å². The third-order valence-corrected chi connectivity index (χ3v) is 3.50. The largest absolute Gasteiger partial charge is 0.290 e. The van der Waals surface area contributed by atoms with E-state index in [9.17, 15) is 0 Å². The maximum atomic E-state index is 8.92. The number of hydrogen-bond acceptors (Lipinski definition) is 4. The van der Waals surface area contributed by atoms with Gasteiger partial charge in [0.15, 0.2) is 0 Å². The van der Waals surface area contributed by atoms with E-state index in [2.05, 4.69) is 16.5 Å². The van der Waals surface area contributed by atoms with E-state index in [4.69, 9.17) is 5.21 Å². The quantitative estimate of drug-likeness (QED) is 0.644. The van der Waals surface area contributed by atoms with Gasteiger partial charge in [-0.25, -0.2) is 4.99 Å². The summed E-state index contributed by atoms with van der Waals surface area (Å²) in [6.07, 6.45) is 0. The van der Waals surface area contributed by atoms with E-state index in [-0.39, 0.29) is 5.92 Å². The van der Waals surface area contributed by atoms with Crippen molar-refractivity contribution >= 4 is 23.3 Å². The molecule has 3 nitrogen and oxygen atoms in total. The highest BCUT2D eigenvalue weighted by Crippen LogP contribution is 2.33. The first kappa shape index (κ1) is 9.55. The molecule has 0 saturated heterocycles. The molecule has 1 unspecified atom stereocenters. The monoisotopic (exact) mass is 208 g/mol. The number of hydrogen-bond donors (Lipinski definition) is 2. The molecule has 0 radical (unpaired) electrons. The van der Waals surface area contributed by atoms with E-state index in [1.54, 1.807) is 11.8 Å². The second kappa shape index (κ2) is 4.02. The van der Waals surface area contributed by atoms with Crippen LogP contribution in [0.4, 0.5) is 5.69 Å². The Bertz CT molecular complexity index is 365. The van der Waals surface area contributed by atoms with Gasteiger partial charge < -0.3 is 0 Å². The molecule has 14 heavy (non-hydrogen) atoms. The zero-order valence-electron chi connectivity index (χ0n) is 7.90. The third kappa shape index (κ3) is 1.76. The predicted octanol–water partition coefficient (Wildman–Crippen LogP) is 2.44. The van der Waals surface area contributed by atoms with Gasteiger partial charge in [-0.05, 0) is 12.1 Å². The second-order valence-electron chi connectivity index (χ2n) is 3.29. The van der Waals surface area contributed by atoms with Crippen LogP contribution in [0.25, 0.3) is 0 Å². The number of thioether (sulfide) groups is 1. The molecule has 4 heteroatoms. The topological polar surface area (TPSA) is 44.6 Å². The Labute approximate surface area is 87.2 Å². The average molecular weight is 208 g/mol. The highest BCUT2D eigenvalue weighted by atomic mass is 32.2. The van der Waals surface area contributed by atoms with Crippen LogP contribution in [-0.4, -0.2) is 16.8 Å². The molecule has 2 N–H and O–H groups in total. The van der Waals surface area contributed by atoms with Crippen LogP contribution in [0.3, 0.4) is 0 Å². The molecular formula is C10H12N2OS. The smallest absolute Gasteiger partial charge is 0.130 e. The fourth-order valence-corrected chi connectivity index (χ4v) is 2.36. The minimum atomic E-state index is 0.248. The Morgan fingerprint density at radius 2 is 2.29 bits per heavy atom. The highest BCUT2D eigenvalue weighted by Gasteiger charge is 2.16. The molecule has 1 atom stereocenters. The molecule has 1 aliphatic heterocycles. The number of nitrogens with one attached hydrogen (secondary N) is 1. The predicted molar refractivity (Wildman–Crippen MR) is 58.3 cm³/mol.